The van der Waals surface area contributed by atoms with Crippen LogP contribution in [0.1, 0.15) is 16.1 Å². The highest BCUT2D eigenvalue weighted by molar-refractivity contribution is 6.34. The molecule has 1 amide bonds. The first-order chi connectivity index (χ1) is 13.6. The molecule has 2 aromatic heterocycles. The third-order valence-electron chi connectivity index (χ3n) is 4.57. The van der Waals surface area contributed by atoms with Crippen LogP contribution in [0, 0.1) is 6.92 Å². The molecular weight excluding hydrogens is 378 g/mol. The predicted octanol–water partition coefficient (Wildman–Crippen LogP) is 3.32. The minimum absolute atomic E-state index is 0.277. The quantitative estimate of drug-likeness (QED) is 0.731. The molecule has 0 aliphatic carbocycles. The summed E-state index contributed by atoms with van der Waals surface area (Å²) in [6.07, 6.45) is 1.65. The van der Waals surface area contributed by atoms with E-state index in [0.717, 1.165) is 24.6 Å². The Labute approximate surface area is 167 Å². The number of benzene rings is 1. The average molecular weight is 398 g/mol. The van der Waals surface area contributed by atoms with Crippen LogP contribution in [0.25, 0.3) is 5.69 Å². The number of aromatic nitrogens is 3. The van der Waals surface area contributed by atoms with Crippen molar-refractivity contribution >= 4 is 29.0 Å². The van der Waals surface area contributed by atoms with Gasteiger partial charge < -0.3 is 15.0 Å². The monoisotopic (exact) mass is 397 g/mol. The van der Waals surface area contributed by atoms with Crippen LogP contribution in [0.5, 0.6) is 0 Å². The molecule has 1 N–H and O–H groups in total. The van der Waals surface area contributed by atoms with E-state index in [-0.39, 0.29) is 11.1 Å². The van der Waals surface area contributed by atoms with E-state index in [9.17, 15) is 4.79 Å². The molecule has 4 rings (SSSR count). The second kappa shape index (κ2) is 8.00. The van der Waals surface area contributed by atoms with Crippen LogP contribution in [-0.4, -0.2) is 47.0 Å². The summed E-state index contributed by atoms with van der Waals surface area (Å²) >= 11 is 6.46. The van der Waals surface area contributed by atoms with E-state index in [2.05, 4.69) is 20.3 Å². The molecule has 0 radical (unpaired) electrons. The second-order valence-corrected chi connectivity index (χ2v) is 6.82. The van der Waals surface area contributed by atoms with Gasteiger partial charge in [-0.3, -0.25) is 4.79 Å². The maximum atomic E-state index is 12.8. The minimum Gasteiger partial charge on any atom is -0.378 e. The highest BCUT2D eigenvalue weighted by Gasteiger charge is 2.21. The number of para-hydroxylation sites is 1. The van der Waals surface area contributed by atoms with Crippen molar-refractivity contribution in [1.82, 2.24) is 14.8 Å². The summed E-state index contributed by atoms with van der Waals surface area (Å²) in [7, 11) is 0. The Morgan fingerprint density at radius 3 is 2.57 bits per heavy atom. The molecule has 3 heterocycles. The molecule has 1 aromatic carbocycles. The van der Waals surface area contributed by atoms with E-state index in [1.54, 1.807) is 17.8 Å². The average Bonchev–Trinajstić information content (AvgIpc) is 3.04. The first-order valence-electron chi connectivity index (χ1n) is 9.04. The molecule has 1 saturated heterocycles. The summed E-state index contributed by atoms with van der Waals surface area (Å²) < 4.78 is 6.92. The zero-order chi connectivity index (χ0) is 19.5. The minimum atomic E-state index is -0.314. The summed E-state index contributed by atoms with van der Waals surface area (Å²) in [5.74, 6) is 0.554. The number of pyridine rings is 1. The van der Waals surface area contributed by atoms with Gasteiger partial charge in [0.15, 0.2) is 0 Å². The van der Waals surface area contributed by atoms with E-state index in [0.29, 0.717) is 30.2 Å². The highest BCUT2D eigenvalue weighted by atomic mass is 35.5. The predicted molar refractivity (Wildman–Crippen MR) is 109 cm³/mol. The number of anilines is 2. The van der Waals surface area contributed by atoms with Crippen molar-refractivity contribution < 1.29 is 9.53 Å². The summed E-state index contributed by atoms with van der Waals surface area (Å²) in [4.78, 5) is 19.4. The van der Waals surface area contributed by atoms with Crippen LogP contribution >= 0.6 is 11.6 Å². The Kier molecular flexibility index (Phi) is 5.27. The van der Waals surface area contributed by atoms with Crippen LogP contribution in [0.2, 0.25) is 5.15 Å². The largest absolute Gasteiger partial charge is 0.378 e. The van der Waals surface area contributed by atoms with Crippen molar-refractivity contribution in [1.29, 1.82) is 0 Å². The topological polar surface area (TPSA) is 72.3 Å². The smallest absolute Gasteiger partial charge is 0.260 e. The number of aryl methyl sites for hydroxylation is 1. The van der Waals surface area contributed by atoms with Crippen LogP contribution in [-0.2, 0) is 4.74 Å². The molecule has 0 spiro atoms. The molecule has 0 bridgehead atoms. The summed E-state index contributed by atoms with van der Waals surface area (Å²) in [6.45, 7) is 4.78. The molecule has 8 heteroatoms. The van der Waals surface area contributed by atoms with Gasteiger partial charge >= 0.3 is 0 Å². The third kappa shape index (κ3) is 3.72. The van der Waals surface area contributed by atoms with Crippen molar-refractivity contribution in [2.45, 2.75) is 6.92 Å². The lowest BCUT2D eigenvalue weighted by Gasteiger charge is -2.27. The lowest BCUT2D eigenvalue weighted by Crippen LogP contribution is -2.36. The molecule has 0 unspecified atom stereocenters. The molecule has 3 aromatic rings. The van der Waals surface area contributed by atoms with Crippen LogP contribution in [0.15, 0.2) is 48.7 Å². The number of rotatable bonds is 4. The van der Waals surface area contributed by atoms with Crippen molar-refractivity contribution in [2.24, 2.45) is 0 Å². The lowest BCUT2D eigenvalue weighted by atomic mass is 10.2. The Morgan fingerprint density at radius 2 is 1.89 bits per heavy atom. The molecule has 0 saturated carbocycles. The number of amides is 1. The van der Waals surface area contributed by atoms with Gasteiger partial charge in [-0.05, 0) is 31.2 Å². The van der Waals surface area contributed by atoms with Gasteiger partial charge in [0.2, 0.25) is 0 Å². The van der Waals surface area contributed by atoms with Gasteiger partial charge in [-0.1, -0.05) is 29.8 Å². The highest BCUT2D eigenvalue weighted by Crippen LogP contribution is 2.25. The number of nitrogens with zero attached hydrogens (tertiary/aromatic N) is 4. The SMILES string of the molecule is Cc1nn(-c2ccccc2)c(Cl)c1C(=O)Nc1ccc(N2CCOCC2)nc1. The van der Waals surface area contributed by atoms with E-state index < -0.39 is 0 Å². The van der Waals surface area contributed by atoms with Crippen LogP contribution in [0.3, 0.4) is 0 Å². The Morgan fingerprint density at radius 1 is 1.14 bits per heavy atom. The number of hydrogen-bond acceptors (Lipinski definition) is 5. The first-order valence-corrected chi connectivity index (χ1v) is 9.42. The maximum Gasteiger partial charge on any atom is 0.260 e. The normalized spacial score (nSPS) is 14.1. The first kappa shape index (κ1) is 18.5. The zero-order valence-electron chi connectivity index (χ0n) is 15.4. The summed E-state index contributed by atoms with van der Waals surface area (Å²) in [5, 5.41) is 7.54. The molecule has 1 aliphatic rings. The van der Waals surface area contributed by atoms with E-state index in [1.807, 2.05) is 42.5 Å². The zero-order valence-corrected chi connectivity index (χ0v) is 16.2. The number of hydrogen-bond donors (Lipinski definition) is 1. The van der Waals surface area contributed by atoms with E-state index in [1.165, 1.54) is 0 Å². The fraction of sp³-hybridized carbons (Fsp3) is 0.250. The van der Waals surface area contributed by atoms with Crippen molar-refractivity contribution in [3.05, 3.63) is 65.1 Å². The van der Waals surface area contributed by atoms with Crippen LogP contribution < -0.4 is 10.2 Å². The van der Waals surface area contributed by atoms with Crippen molar-refractivity contribution in [3.8, 4) is 5.69 Å². The van der Waals surface area contributed by atoms with Crippen molar-refractivity contribution in [3.63, 3.8) is 0 Å². The van der Waals surface area contributed by atoms with E-state index >= 15 is 0 Å². The van der Waals surface area contributed by atoms with Gasteiger partial charge in [0.1, 0.15) is 16.5 Å². The summed E-state index contributed by atoms with van der Waals surface area (Å²) in [6, 6.07) is 13.2. The fourth-order valence-corrected chi connectivity index (χ4v) is 3.49. The van der Waals surface area contributed by atoms with Gasteiger partial charge in [0.05, 0.1) is 36.5 Å². The Bertz CT molecular complexity index is 966. The molecule has 144 valence electrons. The maximum absolute atomic E-state index is 12.8. The number of carbonyl (C=O) groups excluding carboxylic acids is 1. The number of carbonyl (C=O) groups is 1. The van der Waals surface area contributed by atoms with Crippen LogP contribution in [0.4, 0.5) is 11.5 Å². The number of morpholine rings is 1. The number of halogens is 1. The third-order valence-corrected chi connectivity index (χ3v) is 4.92. The molecular formula is C20H20ClN5O2. The van der Waals surface area contributed by atoms with Gasteiger partial charge in [-0.2, -0.15) is 5.10 Å². The standard InChI is InChI=1S/C20H20ClN5O2/c1-14-18(19(21)26(24-14)16-5-3-2-4-6-16)20(27)23-15-7-8-17(22-13-15)25-9-11-28-12-10-25/h2-8,13H,9-12H2,1H3,(H,23,27). The molecule has 7 nitrogen and oxygen atoms in total. The molecule has 0 atom stereocenters. The fourth-order valence-electron chi connectivity index (χ4n) is 3.13. The molecule has 1 fully saturated rings. The Balaban J connectivity index is 1.52. The van der Waals surface area contributed by atoms with Gasteiger partial charge in [-0.25, -0.2) is 9.67 Å². The van der Waals surface area contributed by atoms with Gasteiger partial charge in [-0.15, -0.1) is 0 Å². The van der Waals surface area contributed by atoms with Gasteiger partial charge in [0, 0.05) is 13.1 Å². The Hall–Kier alpha value is -2.90. The second-order valence-electron chi connectivity index (χ2n) is 6.46. The van der Waals surface area contributed by atoms with Gasteiger partial charge in [0.25, 0.3) is 5.91 Å². The molecule has 1 aliphatic heterocycles. The number of nitrogens with one attached hydrogen (secondary N) is 1. The summed E-state index contributed by atoms with van der Waals surface area (Å²) in [5.41, 5.74) is 2.31. The molecule has 28 heavy (non-hydrogen) atoms. The van der Waals surface area contributed by atoms with Crippen molar-refractivity contribution in [2.75, 3.05) is 36.5 Å². The lowest BCUT2D eigenvalue weighted by molar-refractivity contribution is 0.102. The number of ether oxygens (including phenoxy) is 1. The van der Waals surface area contributed by atoms with E-state index in [4.69, 9.17) is 16.3 Å².